The van der Waals surface area contributed by atoms with E-state index in [9.17, 15) is 19.6 Å². The number of hydrogen-bond acceptors (Lipinski definition) is 8. The fraction of sp³-hybridized carbons (Fsp3) is 0.760. The molecule has 0 unspecified atom stereocenters. The van der Waals surface area contributed by atoms with Gasteiger partial charge in [0.05, 0.1) is 24.7 Å². The van der Waals surface area contributed by atoms with Crippen LogP contribution in [0.15, 0.2) is 10.6 Å². The first-order valence-electron chi connectivity index (χ1n) is 12.9. The van der Waals surface area contributed by atoms with Gasteiger partial charge < -0.3 is 23.8 Å². The van der Waals surface area contributed by atoms with Crippen LogP contribution in [0.1, 0.15) is 78.3 Å². The minimum absolute atomic E-state index is 0.0687. The van der Waals surface area contributed by atoms with Crippen LogP contribution >= 0.6 is 0 Å². The van der Waals surface area contributed by atoms with Crippen molar-refractivity contribution in [2.24, 2.45) is 5.41 Å². The lowest BCUT2D eigenvalue weighted by Gasteiger charge is -2.44. The second kappa shape index (κ2) is 8.50. The van der Waals surface area contributed by atoms with Crippen molar-refractivity contribution in [3.05, 3.63) is 17.5 Å². The molecule has 204 valence electrons. The normalized spacial score (nSPS) is 24.8. The number of hydrogen-bond donors (Lipinski definition) is 1. The maximum atomic E-state index is 13.1. The van der Waals surface area contributed by atoms with Crippen LogP contribution in [-0.4, -0.2) is 91.3 Å². The topological polar surface area (TPSA) is 129 Å². The summed E-state index contributed by atoms with van der Waals surface area (Å²) in [7, 11) is 0. The molecule has 4 amide bonds. The Balaban J connectivity index is 1.29. The quantitative estimate of drug-likeness (QED) is 0.596. The SMILES string of the molecule is CC(C)(C)OC(=O)N1CC(N(Cc2cc([C@@H]3CC4(CC4)[C@@H]4CN3C(=O)N4O)no2)C(=O)OC(C)(C)C)C1. The zero-order valence-corrected chi connectivity index (χ0v) is 22.4. The zero-order valence-electron chi connectivity index (χ0n) is 22.4. The highest BCUT2D eigenvalue weighted by Crippen LogP contribution is 2.61. The molecule has 4 fully saturated rings. The molecule has 4 heterocycles. The largest absolute Gasteiger partial charge is 0.444 e. The highest BCUT2D eigenvalue weighted by Gasteiger charge is 2.63. The summed E-state index contributed by atoms with van der Waals surface area (Å²) in [4.78, 5) is 42.9. The van der Waals surface area contributed by atoms with E-state index in [-0.39, 0.29) is 30.1 Å². The van der Waals surface area contributed by atoms with Crippen LogP contribution in [0.3, 0.4) is 0 Å². The van der Waals surface area contributed by atoms with Gasteiger partial charge in [0.15, 0.2) is 5.76 Å². The average molecular weight is 520 g/mol. The van der Waals surface area contributed by atoms with E-state index in [0.717, 1.165) is 24.3 Å². The highest BCUT2D eigenvalue weighted by atomic mass is 16.6. The smallest absolute Gasteiger partial charge is 0.411 e. The molecule has 2 bridgehead atoms. The summed E-state index contributed by atoms with van der Waals surface area (Å²) in [6, 6.07) is 0.634. The number of amides is 4. The van der Waals surface area contributed by atoms with Crippen molar-refractivity contribution >= 4 is 18.2 Å². The number of carbonyl (C=O) groups is 3. The predicted octanol–water partition coefficient (Wildman–Crippen LogP) is 3.75. The van der Waals surface area contributed by atoms with Crippen LogP contribution in [0.25, 0.3) is 0 Å². The van der Waals surface area contributed by atoms with Crippen molar-refractivity contribution in [1.82, 2.24) is 24.9 Å². The molecule has 3 saturated heterocycles. The molecule has 1 spiro atoms. The molecule has 12 nitrogen and oxygen atoms in total. The van der Waals surface area contributed by atoms with Crippen molar-refractivity contribution < 1.29 is 33.6 Å². The molecule has 5 rings (SSSR count). The Labute approximate surface area is 216 Å². The maximum Gasteiger partial charge on any atom is 0.411 e. The lowest BCUT2D eigenvalue weighted by Crippen LogP contribution is -2.63. The Morgan fingerprint density at radius 2 is 1.78 bits per heavy atom. The molecular formula is C25H37N5O7. The maximum absolute atomic E-state index is 13.1. The number of rotatable bonds is 4. The van der Waals surface area contributed by atoms with E-state index in [0.29, 0.717) is 31.1 Å². The number of piperidine rings is 1. The molecule has 37 heavy (non-hydrogen) atoms. The molecule has 2 atom stereocenters. The lowest BCUT2D eigenvalue weighted by molar-refractivity contribution is -0.0782. The van der Waals surface area contributed by atoms with E-state index < -0.39 is 29.4 Å². The molecule has 1 aromatic heterocycles. The summed E-state index contributed by atoms with van der Waals surface area (Å²) in [5, 5.41) is 15.4. The van der Waals surface area contributed by atoms with Crippen LogP contribution in [0.4, 0.5) is 14.4 Å². The molecule has 4 aliphatic rings. The Morgan fingerprint density at radius 1 is 1.14 bits per heavy atom. The van der Waals surface area contributed by atoms with Gasteiger partial charge in [-0.3, -0.25) is 10.1 Å². The second-order valence-electron chi connectivity index (χ2n) is 12.7. The van der Waals surface area contributed by atoms with Crippen LogP contribution in [0.2, 0.25) is 0 Å². The molecule has 0 radical (unpaired) electrons. The van der Waals surface area contributed by atoms with E-state index in [1.807, 2.05) is 20.8 Å². The van der Waals surface area contributed by atoms with Gasteiger partial charge in [-0.1, -0.05) is 5.16 Å². The van der Waals surface area contributed by atoms with Gasteiger partial charge in [0, 0.05) is 25.7 Å². The Bertz CT molecular complexity index is 1080. The van der Waals surface area contributed by atoms with Crippen molar-refractivity contribution in [3.8, 4) is 0 Å². The first-order chi connectivity index (χ1) is 17.2. The number of nitrogens with zero attached hydrogens (tertiary/aromatic N) is 5. The lowest BCUT2D eigenvalue weighted by atomic mass is 9.84. The van der Waals surface area contributed by atoms with Crippen molar-refractivity contribution in [2.45, 2.75) is 96.7 Å². The van der Waals surface area contributed by atoms with Crippen LogP contribution < -0.4 is 0 Å². The van der Waals surface area contributed by atoms with E-state index in [1.165, 1.54) is 0 Å². The number of hydroxylamine groups is 2. The van der Waals surface area contributed by atoms with Gasteiger partial charge in [0.1, 0.15) is 16.9 Å². The molecule has 1 aromatic rings. The summed E-state index contributed by atoms with van der Waals surface area (Å²) in [5.41, 5.74) is -0.761. The fourth-order valence-corrected chi connectivity index (χ4v) is 5.43. The number of ether oxygens (including phenoxy) is 2. The Morgan fingerprint density at radius 3 is 2.38 bits per heavy atom. The number of likely N-dealkylation sites (tertiary alicyclic amines) is 1. The van der Waals surface area contributed by atoms with E-state index >= 15 is 0 Å². The van der Waals surface area contributed by atoms with E-state index in [2.05, 4.69) is 5.16 Å². The average Bonchev–Trinajstić information content (AvgIpc) is 3.24. The van der Waals surface area contributed by atoms with Gasteiger partial charge in [0.25, 0.3) is 0 Å². The van der Waals surface area contributed by atoms with Crippen LogP contribution in [0.5, 0.6) is 0 Å². The third-order valence-corrected chi connectivity index (χ3v) is 7.51. The molecule has 1 N–H and O–H groups in total. The molecule has 0 aromatic carbocycles. The number of carbonyl (C=O) groups excluding carboxylic acids is 3. The van der Waals surface area contributed by atoms with Crippen LogP contribution in [0, 0.1) is 5.41 Å². The molecule has 1 aliphatic carbocycles. The van der Waals surface area contributed by atoms with E-state index in [1.54, 1.807) is 41.5 Å². The number of urea groups is 1. The van der Waals surface area contributed by atoms with Crippen LogP contribution in [-0.2, 0) is 16.0 Å². The van der Waals surface area contributed by atoms with Gasteiger partial charge >= 0.3 is 18.2 Å². The van der Waals surface area contributed by atoms with Crippen molar-refractivity contribution in [1.29, 1.82) is 0 Å². The zero-order chi connectivity index (χ0) is 26.9. The van der Waals surface area contributed by atoms with Gasteiger partial charge in [-0.25, -0.2) is 19.4 Å². The van der Waals surface area contributed by atoms with Gasteiger partial charge in [-0.05, 0) is 66.2 Å². The minimum atomic E-state index is -0.694. The van der Waals surface area contributed by atoms with Gasteiger partial charge in [-0.15, -0.1) is 0 Å². The summed E-state index contributed by atoms with van der Waals surface area (Å²) < 4.78 is 16.7. The van der Waals surface area contributed by atoms with Gasteiger partial charge in [0.2, 0.25) is 0 Å². The standard InChI is InChI=1S/C25H37N5O7/c1-23(2,3)35-21(32)27-11-15(12-27)28(22(33)36-24(4,5)6)13-16-9-17(26-37-16)18-10-25(7-8-25)19-14-29(18)20(31)30(19)34/h9,15,18-19,34H,7-8,10-14H2,1-6H3/t18-,19-/m0/s1. The molecule has 1 saturated carbocycles. The monoisotopic (exact) mass is 519 g/mol. The summed E-state index contributed by atoms with van der Waals surface area (Å²) in [6.07, 6.45) is 1.73. The Kier molecular flexibility index (Phi) is 5.89. The summed E-state index contributed by atoms with van der Waals surface area (Å²) in [5.74, 6) is 0.455. The second-order valence-corrected chi connectivity index (χ2v) is 12.7. The predicted molar refractivity (Wildman–Crippen MR) is 128 cm³/mol. The van der Waals surface area contributed by atoms with Crippen molar-refractivity contribution in [3.63, 3.8) is 0 Å². The highest BCUT2D eigenvalue weighted by molar-refractivity contribution is 5.77. The minimum Gasteiger partial charge on any atom is -0.444 e. The first-order valence-corrected chi connectivity index (χ1v) is 12.9. The number of aromatic nitrogens is 1. The van der Waals surface area contributed by atoms with Crippen molar-refractivity contribution in [2.75, 3.05) is 19.6 Å². The third-order valence-electron chi connectivity index (χ3n) is 7.51. The van der Waals surface area contributed by atoms with Gasteiger partial charge in [-0.2, -0.15) is 0 Å². The summed E-state index contributed by atoms with van der Waals surface area (Å²) >= 11 is 0. The van der Waals surface area contributed by atoms with E-state index in [4.69, 9.17) is 14.0 Å². The molecular weight excluding hydrogens is 482 g/mol. The Hall–Kier alpha value is -3.02. The molecule has 12 heteroatoms. The third kappa shape index (κ3) is 4.95. The summed E-state index contributed by atoms with van der Waals surface area (Å²) in [6.45, 7) is 12.0. The number of fused-ring (bicyclic) bond motifs is 3. The molecule has 3 aliphatic heterocycles. The fourth-order valence-electron chi connectivity index (χ4n) is 5.43. The first kappa shape index (κ1) is 25.6.